The average Bonchev–Trinajstić information content (AvgIpc) is 2.81. The zero-order chi connectivity index (χ0) is 14.0. The van der Waals surface area contributed by atoms with E-state index in [1.165, 1.54) is 0 Å². The fourth-order valence-electron chi connectivity index (χ4n) is 2.13. The van der Waals surface area contributed by atoms with Crippen LogP contribution in [0.1, 0.15) is 25.3 Å². The third kappa shape index (κ3) is 2.84. The molecule has 0 aromatic heterocycles. The van der Waals surface area contributed by atoms with E-state index in [4.69, 9.17) is 0 Å². The second kappa shape index (κ2) is 5.63. The molecule has 0 aliphatic carbocycles. The third-order valence-electron chi connectivity index (χ3n) is 3.41. The Morgan fingerprint density at radius 1 is 1.32 bits per heavy atom. The highest BCUT2D eigenvalue weighted by molar-refractivity contribution is 9.08. The van der Waals surface area contributed by atoms with Crippen LogP contribution in [0, 0.1) is 5.92 Å². The number of rotatable bonds is 4. The Bertz CT molecular complexity index is 568. The Hall–Kier alpha value is -0.880. The first-order chi connectivity index (χ1) is 8.98. The Morgan fingerprint density at radius 3 is 2.42 bits per heavy atom. The summed E-state index contributed by atoms with van der Waals surface area (Å²) in [7, 11) is -3.69. The zero-order valence-corrected chi connectivity index (χ0v) is 13.1. The minimum Gasteiger partial charge on any atom is -0.274 e. The Balaban J connectivity index is 2.29. The molecule has 1 heterocycles. The molecule has 104 valence electrons. The monoisotopic (exact) mass is 345 g/mol. The number of hydrogen-bond acceptors (Lipinski definition) is 3. The van der Waals surface area contributed by atoms with E-state index < -0.39 is 10.0 Å². The van der Waals surface area contributed by atoms with Crippen LogP contribution in [0.25, 0.3) is 0 Å². The maximum atomic E-state index is 12.4. The first kappa shape index (κ1) is 14.5. The van der Waals surface area contributed by atoms with Crippen molar-refractivity contribution in [3.63, 3.8) is 0 Å². The summed E-state index contributed by atoms with van der Waals surface area (Å²) in [6.45, 7) is 2.27. The van der Waals surface area contributed by atoms with Crippen LogP contribution in [0.5, 0.6) is 0 Å². The Kier molecular flexibility index (Phi) is 4.30. The fraction of sp³-hybridized carbons (Fsp3) is 0.462. The molecule has 1 unspecified atom stereocenters. The van der Waals surface area contributed by atoms with Crippen molar-refractivity contribution in [3.8, 4) is 0 Å². The molecule has 1 saturated heterocycles. The number of amides is 1. The first-order valence-electron chi connectivity index (χ1n) is 6.19. The third-order valence-corrected chi connectivity index (χ3v) is 5.86. The van der Waals surface area contributed by atoms with E-state index in [9.17, 15) is 13.2 Å². The molecule has 4 nitrogen and oxygen atoms in total. The molecule has 1 amide bonds. The van der Waals surface area contributed by atoms with Gasteiger partial charge >= 0.3 is 0 Å². The fourth-order valence-corrected chi connectivity index (χ4v) is 3.99. The topological polar surface area (TPSA) is 54.5 Å². The second-order valence-corrected chi connectivity index (χ2v) is 7.11. The molecule has 1 aliphatic rings. The number of carbonyl (C=O) groups excluding carboxylic acids is 1. The molecule has 0 saturated carbocycles. The number of nitrogens with zero attached hydrogens (tertiary/aromatic N) is 1. The largest absolute Gasteiger partial charge is 0.274 e. The summed E-state index contributed by atoms with van der Waals surface area (Å²) < 4.78 is 25.8. The quantitative estimate of drug-likeness (QED) is 0.788. The normalized spacial score (nSPS) is 20.0. The van der Waals surface area contributed by atoms with Gasteiger partial charge < -0.3 is 0 Å². The predicted molar refractivity (Wildman–Crippen MR) is 76.4 cm³/mol. The van der Waals surface area contributed by atoms with Gasteiger partial charge in [0.2, 0.25) is 5.91 Å². The lowest BCUT2D eigenvalue weighted by Crippen LogP contribution is -2.32. The lowest BCUT2D eigenvalue weighted by Gasteiger charge is -2.17. The van der Waals surface area contributed by atoms with Crippen LogP contribution >= 0.6 is 15.9 Å². The van der Waals surface area contributed by atoms with Crippen LogP contribution in [0.2, 0.25) is 0 Å². The number of sulfonamides is 1. The van der Waals surface area contributed by atoms with Crippen molar-refractivity contribution in [3.05, 3.63) is 29.8 Å². The Labute approximate surface area is 122 Å². The van der Waals surface area contributed by atoms with Gasteiger partial charge in [-0.3, -0.25) is 4.79 Å². The van der Waals surface area contributed by atoms with Gasteiger partial charge in [-0.25, -0.2) is 12.7 Å². The SMILES string of the molecule is CCC1CC(=O)N(S(=O)(=O)c2ccc(CBr)cc2)C1. The molecular weight excluding hydrogens is 330 g/mol. The van der Waals surface area contributed by atoms with Crippen molar-refractivity contribution >= 4 is 31.9 Å². The van der Waals surface area contributed by atoms with Gasteiger partial charge in [-0.05, 0) is 23.6 Å². The minimum absolute atomic E-state index is 0.143. The van der Waals surface area contributed by atoms with E-state index in [0.29, 0.717) is 18.3 Å². The summed E-state index contributed by atoms with van der Waals surface area (Å²) in [5, 5.41) is 0.674. The number of benzene rings is 1. The van der Waals surface area contributed by atoms with Crippen molar-refractivity contribution in [2.75, 3.05) is 6.54 Å². The summed E-state index contributed by atoms with van der Waals surface area (Å²) >= 11 is 3.31. The Morgan fingerprint density at radius 2 is 1.95 bits per heavy atom. The van der Waals surface area contributed by atoms with Crippen LogP contribution in [0.4, 0.5) is 0 Å². The molecule has 1 aromatic carbocycles. The summed E-state index contributed by atoms with van der Waals surface area (Å²) in [4.78, 5) is 12.0. The standard InChI is InChI=1S/C13H16BrNO3S/c1-2-10-7-13(16)15(9-10)19(17,18)12-5-3-11(8-14)4-6-12/h3-6,10H,2,7-9H2,1H3. The highest BCUT2D eigenvalue weighted by Crippen LogP contribution is 2.27. The van der Waals surface area contributed by atoms with Gasteiger partial charge in [-0.1, -0.05) is 41.4 Å². The molecular formula is C13H16BrNO3S. The van der Waals surface area contributed by atoms with Gasteiger partial charge in [0.25, 0.3) is 10.0 Å². The van der Waals surface area contributed by atoms with Crippen LogP contribution in [-0.2, 0) is 20.1 Å². The van der Waals surface area contributed by atoms with Gasteiger partial charge in [-0.2, -0.15) is 0 Å². The summed E-state index contributed by atoms with van der Waals surface area (Å²) in [5.74, 6) is -0.152. The molecule has 0 bridgehead atoms. The predicted octanol–water partition coefficient (Wildman–Crippen LogP) is 2.53. The van der Waals surface area contributed by atoms with Crippen molar-refractivity contribution in [2.45, 2.75) is 30.0 Å². The number of alkyl halides is 1. The molecule has 1 aromatic rings. The smallest absolute Gasteiger partial charge is 0.266 e. The summed E-state index contributed by atoms with van der Waals surface area (Å²) in [6, 6.07) is 6.61. The average molecular weight is 346 g/mol. The summed E-state index contributed by atoms with van der Waals surface area (Å²) in [6.07, 6.45) is 1.15. The van der Waals surface area contributed by atoms with Crippen LogP contribution in [-0.4, -0.2) is 25.2 Å². The lowest BCUT2D eigenvalue weighted by molar-refractivity contribution is -0.123. The summed E-state index contributed by atoms with van der Waals surface area (Å²) in [5.41, 5.74) is 0.998. The van der Waals surface area contributed by atoms with Crippen molar-refractivity contribution in [1.29, 1.82) is 0 Å². The van der Waals surface area contributed by atoms with E-state index in [2.05, 4.69) is 15.9 Å². The van der Waals surface area contributed by atoms with Crippen molar-refractivity contribution in [1.82, 2.24) is 4.31 Å². The lowest BCUT2D eigenvalue weighted by atomic mass is 10.1. The molecule has 1 aliphatic heterocycles. The number of hydrogen-bond donors (Lipinski definition) is 0. The van der Waals surface area contributed by atoms with Crippen LogP contribution < -0.4 is 0 Å². The van der Waals surface area contributed by atoms with Crippen molar-refractivity contribution < 1.29 is 13.2 Å². The van der Waals surface area contributed by atoms with Gasteiger partial charge in [0.15, 0.2) is 0 Å². The van der Waals surface area contributed by atoms with E-state index in [1.54, 1.807) is 24.3 Å². The minimum atomic E-state index is -3.69. The first-order valence-corrected chi connectivity index (χ1v) is 8.75. The molecule has 0 N–H and O–H groups in total. The van der Waals surface area contributed by atoms with E-state index in [0.717, 1.165) is 16.3 Å². The van der Waals surface area contributed by atoms with Gasteiger partial charge in [0.05, 0.1) is 4.90 Å². The van der Waals surface area contributed by atoms with Gasteiger partial charge in [0, 0.05) is 18.3 Å². The molecule has 6 heteroatoms. The highest BCUT2D eigenvalue weighted by atomic mass is 79.9. The van der Waals surface area contributed by atoms with Crippen LogP contribution in [0.3, 0.4) is 0 Å². The maximum Gasteiger partial charge on any atom is 0.266 e. The highest BCUT2D eigenvalue weighted by Gasteiger charge is 2.37. The van der Waals surface area contributed by atoms with Gasteiger partial charge in [-0.15, -0.1) is 0 Å². The molecule has 2 rings (SSSR count). The molecule has 1 atom stereocenters. The van der Waals surface area contributed by atoms with Crippen LogP contribution in [0.15, 0.2) is 29.2 Å². The maximum absolute atomic E-state index is 12.4. The zero-order valence-electron chi connectivity index (χ0n) is 10.7. The van der Waals surface area contributed by atoms with Crippen molar-refractivity contribution in [2.24, 2.45) is 5.92 Å². The molecule has 1 fully saturated rings. The van der Waals surface area contributed by atoms with Gasteiger partial charge in [0.1, 0.15) is 0 Å². The number of halogens is 1. The van der Waals surface area contributed by atoms with E-state index in [1.807, 2.05) is 6.92 Å². The molecule has 0 spiro atoms. The van der Waals surface area contributed by atoms with E-state index >= 15 is 0 Å². The number of carbonyl (C=O) groups is 1. The molecule has 0 radical (unpaired) electrons. The van der Waals surface area contributed by atoms with E-state index in [-0.39, 0.29) is 16.7 Å². The second-order valence-electron chi connectivity index (χ2n) is 4.69. The molecule has 19 heavy (non-hydrogen) atoms.